The molecule has 0 aliphatic rings. The molecule has 0 aliphatic heterocycles. The fourth-order valence-corrected chi connectivity index (χ4v) is 2.07. The van der Waals surface area contributed by atoms with Crippen LogP contribution in [0.3, 0.4) is 0 Å². The minimum atomic E-state index is -0.867. The molecule has 1 atom stereocenters. The lowest BCUT2D eigenvalue weighted by Gasteiger charge is -2.29. The molecule has 0 amide bonds. The van der Waals surface area contributed by atoms with Crippen molar-refractivity contribution in [3.8, 4) is 0 Å². The van der Waals surface area contributed by atoms with Crippen molar-refractivity contribution < 1.29 is 9.53 Å². The highest BCUT2D eigenvalue weighted by Gasteiger charge is 2.32. The van der Waals surface area contributed by atoms with Crippen molar-refractivity contribution in [2.75, 3.05) is 5.73 Å². The van der Waals surface area contributed by atoms with Crippen LogP contribution in [-0.4, -0.2) is 6.47 Å². The molecule has 0 bridgehead atoms. The molecule has 0 spiro atoms. The molecular weight excluding hydrogens is 226 g/mol. The third-order valence-corrected chi connectivity index (χ3v) is 3.08. The quantitative estimate of drug-likeness (QED) is 0.661. The van der Waals surface area contributed by atoms with Crippen LogP contribution in [0.15, 0.2) is 54.6 Å². The van der Waals surface area contributed by atoms with Gasteiger partial charge in [-0.25, -0.2) is 0 Å². The Hall–Kier alpha value is -2.29. The van der Waals surface area contributed by atoms with Crippen LogP contribution in [0.5, 0.6) is 0 Å². The number of carbonyl (C=O) groups is 1. The van der Waals surface area contributed by atoms with Crippen LogP contribution in [0.4, 0.5) is 5.69 Å². The number of hydrogen-bond donors (Lipinski definition) is 1. The first-order valence-electron chi connectivity index (χ1n) is 5.70. The average molecular weight is 241 g/mol. The van der Waals surface area contributed by atoms with Gasteiger partial charge in [-0.3, -0.25) is 4.79 Å². The van der Waals surface area contributed by atoms with Crippen LogP contribution in [0.1, 0.15) is 18.1 Å². The van der Waals surface area contributed by atoms with Crippen LogP contribution in [0, 0.1) is 0 Å². The topological polar surface area (TPSA) is 52.3 Å². The summed E-state index contributed by atoms with van der Waals surface area (Å²) in [6.45, 7) is 2.29. The second-order valence-corrected chi connectivity index (χ2v) is 4.20. The highest BCUT2D eigenvalue weighted by Crippen LogP contribution is 2.35. The lowest BCUT2D eigenvalue weighted by atomic mass is 9.87. The van der Waals surface area contributed by atoms with Gasteiger partial charge < -0.3 is 10.5 Å². The molecule has 2 aromatic carbocycles. The Morgan fingerprint density at radius 1 is 1.06 bits per heavy atom. The highest BCUT2D eigenvalue weighted by molar-refractivity contribution is 5.55. The van der Waals surface area contributed by atoms with Gasteiger partial charge in [0.2, 0.25) is 0 Å². The summed E-state index contributed by atoms with van der Waals surface area (Å²) < 4.78 is 5.32. The van der Waals surface area contributed by atoms with E-state index in [0.717, 1.165) is 11.1 Å². The molecule has 0 fully saturated rings. The van der Waals surface area contributed by atoms with E-state index in [1.807, 2.05) is 55.5 Å². The van der Waals surface area contributed by atoms with Gasteiger partial charge in [0.15, 0.2) is 5.60 Å². The van der Waals surface area contributed by atoms with Gasteiger partial charge in [0.1, 0.15) is 0 Å². The van der Waals surface area contributed by atoms with Crippen molar-refractivity contribution in [1.29, 1.82) is 0 Å². The van der Waals surface area contributed by atoms with Crippen LogP contribution in [-0.2, 0) is 15.1 Å². The van der Waals surface area contributed by atoms with Crippen molar-refractivity contribution in [3.05, 3.63) is 65.7 Å². The smallest absolute Gasteiger partial charge is 0.294 e. The van der Waals surface area contributed by atoms with E-state index in [9.17, 15) is 4.79 Å². The van der Waals surface area contributed by atoms with Crippen molar-refractivity contribution in [2.24, 2.45) is 0 Å². The van der Waals surface area contributed by atoms with Gasteiger partial charge >= 0.3 is 0 Å². The summed E-state index contributed by atoms with van der Waals surface area (Å²) >= 11 is 0. The molecule has 18 heavy (non-hydrogen) atoms. The maximum atomic E-state index is 10.8. The summed E-state index contributed by atoms with van der Waals surface area (Å²) in [4.78, 5) is 10.8. The van der Waals surface area contributed by atoms with Gasteiger partial charge in [-0.15, -0.1) is 0 Å². The number of nitrogens with two attached hydrogens (primary N) is 1. The fourth-order valence-electron chi connectivity index (χ4n) is 2.07. The Kier molecular flexibility index (Phi) is 3.33. The van der Waals surface area contributed by atoms with E-state index in [4.69, 9.17) is 10.5 Å². The van der Waals surface area contributed by atoms with Gasteiger partial charge in [0.05, 0.1) is 0 Å². The predicted molar refractivity (Wildman–Crippen MR) is 70.9 cm³/mol. The largest absolute Gasteiger partial charge is 0.452 e. The average Bonchev–Trinajstić information content (AvgIpc) is 2.40. The third-order valence-electron chi connectivity index (χ3n) is 3.08. The molecule has 0 saturated heterocycles. The Morgan fingerprint density at radius 3 is 2.28 bits per heavy atom. The summed E-state index contributed by atoms with van der Waals surface area (Å²) in [5, 5.41) is 0. The molecule has 0 radical (unpaired) electrons. The van der Waals surface area contributed by atoms with Gasteiger partial charge in [0.25, 0.3) is 6.47 Å². The maximum absolute atomic E-state index is 10.8. The molecule has 0 aromatic heterocycles. The van der Waals surface area contributed by atoms with Gasteiger partial charge in [0, 0.05) is 11.3 Å². The van der Waals surface area contributed by atoms with E-state index in [2.05, 4.69) is 0 Å². The minimum absolute atomic E-state index is 0.458. The van der Waals surface area contributed by atoms with E-state index in [1.165, 1.54) is 0 Å². The molecule has 0 aliphatic carbocycles. The van der Waals surface area contributed by atoms with E-state index in [-0.39, 0.29) is 0 Å². The predicted octanol–water partition coefficient (Wildman–Crippen LogP) is 2.71. The molecule has 3 nitrogen and oxygen atoms in total. The van der Waals surface area contributed by atoms with Crippen LogP contribution >= 0.6 is 0 Å². The molecule has 1 unspecified atom stereocenters. The summed E-state index contributed by atoms with van der Waals surface area (Å²) in [5.41, 5.74) is 7.38. The zero-order valence-corrected chi connectivity index (χ0v) is 10.2. The first-order valence-corrected chi connectivity index (χ1v) is 5.70. The second-order valence-electron chi connectivity index (χ2n) is 4.20. The summed E-state index contributed by atoms with van der Waals surface area (Å²) in [5.74, 6) is 0. The Labute approximate surface area is 106 Å². The maximum Gasteiger partial charge on any atom is 0.294 e. The van der Waals surface area contributed by atoms with Crippen LogP contribution < -0.4 is 5.73 Å². The highest BCUT2D eigenvalue weighted by atomic mass is 16.5. The Balaban J connectivity index is 2.58. The number of benzene rings is 2. The fraction of sp³-hybridized carbons (Fsp3) is 0.133. The van der Waals surface area contributed by atoms with E-state index < -0.39 is 5.60 Å². The second kappa shape index (κ2) is 4.92. The van der Waals surface area contributed by atoms with Crippen LogP contribution in [0.25, 0.3) is 0 Å². The standard InChI is InChI=1S/C15H15NO2/c1-15(18-11-17,12-7-3-2-4-8-12)13-9-5-6-10-14(13)16/h2-11H,16H2,1H3. The molecule has 92 valence electrons. The number of ether oxygens (including phenoxy) is 1. The summed E-state index contributed by atoms with van der Waals surface area (Å²) in [6, 6.07) is 16.9. The molecular formula is C15H15NO2. The third kappa shape index (κ3) is 2.07. The van der Waals surface area contributed by atoms with Crippen molar-refractivity contribution in [2.45, 2.75) is 12.5 Å². The number of para-hydroxylation sites is 1. The Bertz CT molecular complexity index is 539. The first kappa shape index (κ1) is 12.2. The van der Waals surface area contributed by atoms with Crippen molar-refractivity contribution >= 4 is 12.2 Å². The zero-order valence-electron chi connectivity index (χ0n) is 10.2. The SMILES string of the molecule is CC(OC=O)(c1ccccc1)c1ccccc1N. The summed E-state index contributed by atoms with van der Waals surface area (Å²) in [7, 11) is 0. The van der Waals surface area contributed by atoms with E-state index in [0.29, 0.717) is 12.2 Å². The monoisotopic (exact) mass is 241 g/mol. The van der Waals surface area contributed by atoms with E-state index in [1.54, 1.807) is 6.07 Å². The Morgan fingerprint density at radius 2 is 1.67 bits per heavy atom. The zero-order chi connectivity index (χ0) is 13.0. The van der Waals surface area contributed by atoms with Crippen LogP contribution in [0.2, 0.25) is 0 Å². The minimum Gasteiger partial charge on any atom is -0.452 e. The van der Waals surface area contributed by atoms with Gasteiger partial charge in [-0.1, -0.05) is 48.5 Å². The summed E-state index contributed by atoms with van der Waals surface area (Å²) in [6.07, 6.45) is 0. The van der Waals surface area contributed by atoms with Crippen molar-refractivity contribution in [3.63, 3.8) is 0 Å². The normalized spacial score (nSPS) is 13.6. The molecule has 2 aromatic rings. The number of rotatable bonds is 4. The number of nitrogen functional groups attached to an aromatic ring is 1. The first-order chi connectivity index (χ1) is 8.68. The van der Waals surface area contributed by atoms with E-state index >= 15 is 0 Å². The lowest BCUT2D eigenvalue weighted by Crippen LogP contribution is -2.28. The number of hydrogen-bond acceptors (Lipinski definition) is 3. The molecule has 2 rings (SSSR count). The van der Waals surface area contributed by atoms with Gasteiger partial charge in [-0.05, 0) is 18.6 Å². The lowest BCUT2D eigenvalue weighted by molar-refractivity contribution is -0.139. The molecule has 2 N–H and O–H groups in total. The van der Waals surface area contributed by atoms with Crippen molar-refractivity contribution in [1.82, 2.24) is 0 Å². The molecule has 3 heteroatoms. The molecule has 0 saturated carbocycles. The number of carbonyl (C=O) groups excluding carboxylic acids is 1. The van der Waals surface area contributed by atoms with Gasteiger partial charge in [-0.2, -0.15) is 0 Å². The molecule has 0 heterocycles. The number of anilines is 1.